The number of nitrogens with zero attached hydrogens (tertiary/aromatic N) is 3. The number of aromatic nitrogens is 3. The van der Waals surface area contributed by atoms with Gasteiger partial charge in [0.15, 0.2) is 0 Å². The minimum absolute atomic E-state index is 0.320. The summed E-state index contributed by atoms with van der Waals surface area (Å²) >= 11 is 3.49. The molecule has 2 aromatic rings. The first kappa shape index (κ1) is 16.7. The van der Waals surface area contributed by atoms with E-state index in [9.17, 15) is 4.79 Å². The van der Waals surface area contributed by atoms with Crippen molar-refractivity contribution in [1.29, 1.82) is 0 Å². The number of esters is 1. The second kappa shape index (κ2) is 7.17. The molecule has 1 aliphatic heterocycles. The lowest BCUT2D eigenvalue weighted by Gasteiger charge is -2.28. The van der Waals surface area contributed by atoms with Crippen LogP contribution in [0.5, 0.6) is 0 Å². The van der Waals surface area contributed by atoms with Crippen LogP contribution in [0.1, 0.15) is 38.3 Å². The number of hydrogen-bond donors (Lipinski definition) is 1. The van der Waals surface area contributed by atoms with Crippen molar-refractivity contribution in [2.75, 3.05) is 11.9 Å². The molecule has 1 atom stereocenters. The third-order valence-corrected chi connectivity index (χ3v) is 4.40. The van der Waals surface area contributed by atoms with Gasteiger partial charge in [0, 0.05) is 10.2 Å². The molecule has 0 saturated carbocycles. The monoisotopic (exact) mass is 390 g/mol. The number of carbonyl (C=O) groups is 1. The van der Waals surface area contributed by atoms with Crippen molar-refractivity contribution in [3.8, 4) is 0 Å². The van der Waals surface area contributed by atoms with Crippen molar-refractivity contribution in [3.63, 3.8) is 0 Å². The topological polar surface area (TPSA) is 69.0 Å². The number of allylic oxidation sites excluding steroid dienone is 1. The van der Waals surface area contributed by atoms with Gasteiger partial charge >= 0.3 is 5.97 Å². The summed E-state index contributed by atoms with van der Waals surface area (Å²) in [5.41, 5.74) is 2.24. The quantitative estimate of drug-likeness (QED) is 0.622. The summed E-state index contributed by atoms with van der Waals surface area (Å²) in [6.07, 6.45) is 3.30. The van der Waals surface area contributed by atoms with Gasteiger partial charge < -0.3 is 10.1 Å². The maximum Gasteiger partial charge on any atom is 0.338 e. The van der Waals surface area contributed by atoms with E-state index in [0.29, 0.717) is 18.1 Å². The van der Waals surface area contributed by atoms with E-state index in [1.165, 1.54) is 6.33 Å². The fourth-order valence-corrected chi connectivity index (χ4v) is 3.14. The lowest BCUT2D eigenvalue weighted by atomic mass is 9.96. The van der Waals surface area contributed by atoms with E-state index in [4.69, 9.17) is 4.74 Å². The summed E-state index contributed by atoms with van der Waals surface area (Å²) in [5, 5.41) is 7.43. The van der Waals surface area contributed by atoms with Gasteiger partial charge in [-0.25, -0.2) is 9.48 Å². The van der Waals surface area contributed by atoms with Gasteiger partial charge in [0.05, 0.1) is 12.2 Å². The summed E-state index contributed by atoms with van der Waals surface area (Å²) in [5.74, 6) is 0.294. The molecule has 1 aromatic carbocycles. The number of rotatable bonds is 5. The SMILES string of the molecule is CCCCOC(=O)C1=C(C)Nc2ncnn2[C@@H]1c1cccc(Br)c1. The number of nitrogens with one attached hydrogen (secondary N) is 1. The summed E-state index contributed by atoms with van der Waals surface area (Å²) in [6, 6.07) is 7.47. The molecule has 0 unspecified atom stereocenters. The van der Waals surface area contributed by atoms with Crippen LogP contribution < -0.4 is 5.32 Å². The van der Waals surface area contributed by atoms with E-state index in [1.54, 1.807) is 4.68 Å². The van der Waals surface area contributed by atoms with Crippen molar-refractivity contribution in [2.24, 2.45) is 0 Å². The molecule has 1 N–H and O–H groups in total. The first-order valence-electron chi connectivity index (χ1n) is 7.91. The zero-order valence-corrected chi connectivity index (χ0v) is 15.2. The molecule has 2 heterocycles. The molecule has 126 valence electrons. The minimum Gasteiger partial charge on any atom is -0.462 e. The summed E-state index contributed by atoms with van der Waals surface area (Å²) < 4.78 is 8.11. The van der Waals surface area contributed by atoms with Crippen molar-refractivity contribution >= 4 is 27.8 Å². The maximum atomic E-state index is 12.7. The van der Waals surface area contributed by atoms with Gasteiger partial charge in [-0.1, -0.05) is 41.4 Å². The molecular formula is C17H19BrN4O2. The Hall–Kier alpha value is -2.15. The van der Waals surface area contributed by atoms with Crippen LogP contribution in [0.15, 0.2) is 46.3 Å². The van der Waals surface area contributed by atoms with E-state index >= 15 is 0 Å². The zero-order valence-electron chi connectivity index (χ0n) is 13.6. The highest BCUT2D eigenvalue weighted by atomic mass is 79.9. The lowest BCUT2D eigenvalue weighted by molar-refractivity contribution is -0.139. The molecule has 0 spiro atoms. The fraction of sp³-hybridized carbons (Fsp3) is 0.353. The van der Waals surface area contributed by atoms with Gasteiger partial charge in [-0.3, -0.25) is 0 Å². The van der Waals surface area contributed by atoms with Crippen molar-refractivity contribution < 1.29 is 9.53 Å². The van der Waals surface area contributed by atoms with E-state index < -0.39 is 0 Å². The van der Waals surface area contributed by atoms with Crippen LogP contribution in [0.3, 0.4) is 0 Å². The molecule has 1 aromatic heterocycles. The number of unbranched alkanes of at least 4 members (excludes halogenated alkanes) is 1. The number of fused-ring (bicyclic) bond motifs is 1. The molecular weight excluding hydrogens is 372 g/mol. The molecule has 0 aliphatic carbocycles. The molecule has 24 heavy (non-hydrogen) atoms. The number of benzene rings is 1. The fourth-order valence-electron chi connectivity index (χ4n) is 2.73. The first-order chi connectivity index (χ1) is 11.6. The normalized spacial score (nSPS) is 16.5. The Morgan fingerprint density at radius 1 is 1.46 bits per heavy atom. The second-order valence-electron chi connectivity index (χ2n) is 5.64. The minimum atomic E-state index is -0.365. The standard InChI is InChI=1S/C17H19BrN4O2/c1-3-4-8-24-16(23)14-11(2)21-17-19-10-20-22(17)15(14)12-6-5-7-13(18)9-12/h5-7,9-10,15H,3-4,8H2,1-2H3,(H,19,20,21)/t15-/m1/s1. The third kappa shape index (κ3) is 3.21. The van der Waals surface area contributed by atoms with Gasteiger partial charge in [0.1, 0.15) is 12.4 Å². The van der Waals surface area contributed by atoms with Gasteiger partial charge in [0.25, 0.3) is 0 Å². The van der Waals surface area contributed by atoms with Crippen LogP contribution in [0.4, 0.5) is 5.95 Å². The Morgan fingerprint density at radius 2 is 2.29 bits per heavy atom. The van der Waals surface area contributed by atoms with Crippen LogP contribution in [-0.4, -0.2) is 27.3 Å². The Balaban J connectivity index is 2.02. The van der Waals surface area contributed by atoms with Gasteiger partial charge in [-0.2, -0.15) is 10.1 Å². The number of ether oxygens (including phenoxy) is 1. The summed E-state index contributed by atoms with van der Waals surface area (Å²) in [4.78, 5) is 16.9. The van der Waals surface area contributed by atoms with Crippen molar-refractivity contribution in [2.45, 2.75) is 32.7 Å². The molecule has 0 radical (unpaired) electrons. The average Bonchev–Trinajstić information content (AvgIpc) is 3.01. The predicted molar refractivity (Wildman–Crippen MR) is 94.5 cm³/mol. The Bertz CT molecular complexity index is 784. The highest BCUT2D eigenvalue weighted by Gasteiger charge is 2.34. The molecule has 6 nitrogen and oxygen atoms in total. The van der Waals surface area contributed by atoms with E-state index in [2.05, 4.69) is 38.3 Å². The molecule has 3 rings (SSSR count). The lowest BCUT2D eigenvalue weighted by Crippen LogP contribution is -2.29. The number of hydrogen-bond acceptors (Lipinski definition) is 5. The largest absolute Gasteiger partial charge is 0.462 e. The number of halogens is 1. The van der Waals surface area contributed by atoms with Crippen molar-refractivity contribution in [3.05, 3.63) is 51.9 Å². The third-order valence-electron chi connectivity index (χ3n) is 3.91. The highest BCUT2D eigenvalue weighted by Crippen LogP contribution is 2.35. The van der Waals surface area contributed by atoms with Crippen LogP contribution in [0, 0.1) is 0 Å². The Morgan fingerprint density at radius 3 is 3.04 bits per heavy atom. The summed E-state index contributed by atoms with van der Waals surface area (Å²) in [7, 11) is 0. The van der Waals surface area contributed by atoms with Gasteiger partial charge in [-0.15, -0.1) is 0 Å². The average molecular weight is 391 g/mol. The molecule has 0 fully saturated rings. The zero-order chi connectivity index (χ0) is 17.1. The van der Waals surface area contributed by atoms with Gasteiger partial charge in [-0.05, 0) is 31.0 Å². The molecule has 0 bridgehead atoms. The van der Waals surface area contributed by atoms with Crippen LogP contribution in [-0.2, 0) is 9.53 Å². The van der Waals surface area contributed by atoms with Crippen LogP contribution in [0.2, 0.25) is 0 Å². The van der Waals surface area contributed by atoms with E-state index in [-0.39, 0.29) is 12.0 Å². The highest BCUT2D eigenvalue weighted by molar-refractivity contribution is 9.10. The van der Waals surface area contributed by atoms with Gasteiger partial charge in [0.2, 0.25) is 5.95 Å². The predicted octanol–water partition coefficient (Wildman–Crippen LogP) is 3.67. The molecule has 1 aliphatic rings. The molecule has 0 amide bonds. The smallest absolute Gasteiger partial charge is 0.338 e. The second-order valence-corrected chi connectivity index (χ2v) is 6.55. The maximum absolute atomic E-state index is 12.7. The van der Waals surface area contributed by atoms with E-state index in [1.807, 2.05) is 31.2 Å². The van der Waals surface area contributed by atoms with Crippen LogP contribution in [0.25, 0.3) is 0 Å². The Kier molecular flexibility index (Phi) is 4.99. The first-order valence-corrected chi connectivity index (χ1v) is 8.71. The molecule has 0 saturated heterocycles. The Labute approximate surface area is 149 Å². The number of anilines is 1. The van der Waals surface area contributed by atoms with E-state index in [0.717, 1.165) is 28.6 Å². The molecule has 7 heteroatoms. The number of carbonyl (C=O) groups excluding carboxylic acids is 1. The summed E-state index contributed by atoms with van der Waals surface area (Å²) in [6.45, 7) is 4.34. The van der Waals surface area contributed by atoms with Crippen molar-refractivity contribution in [1.82, 2.24) is 14.8 Å². The van der Waals surface area contributed by atoms with Crippen LogP contribution >= 0.6 is 15.9 Å².